The molecular formula is C22H28INO2. The van der Waals surface area contributed by atoms with Crippen LogP contribution in [0.3, 0.4) is 0 Å². The molecule has 0 atom stereocenters. The monoisotopic (exact) mass is 465 g/mol. The molecule has 2 rings (SSSR count). The molecule has 0 fully saturated rings. The summed E-state index contributed by atoms with van der Waals surface area (Å²) in [5, 5.41) is 0. The molecule has 0 heterocycles. The quantitative estimate of drug-likeness (QED) is 0.483. The van der Waals surface area contributed by atoms with Crippen molar-refractivity contribution in [3.05, 3.63) is 63.2 Å². The molecule has 0 N–H and O–H groups in total. The smallest absolute Gasteiger partial charge is 0.415 e. The Hall–Kier alpha value is -1.56. The van der Waals surface area contributed by atoms with Crippen LogP contribution in [0.4, 0.5) is 10.5 Å². The second kappa shape index (κ2) is 7.99. The van der Waals surface area contributed by atoms with Gasteiger partial charge in [-0.3, -0.25) is 4.90 Å². The number of para-hydroxylation sites is 1. The summed E-state index contributed by atoms with van der Waals surface area (Å²) in [6.45, 7) is 12.7. The van der Waals surface area contributed by atoms with Crippen molar-refractivity contribution in [3.63, 3.8) is 0 Å². The molecule has 2 aromatic carbocycles. The number of anilines is 1. The highest BCUT2D eigenvalue weighted by atomic mass is 127. The molecule has 26 heavy (non-hydrogen) atoms. The Bertz CT molecular complexity index is 755. The lowest BCUT2D eigenvalue weighted by atomic mass is 9.87. The summed E-state index contributed by atoms with van der Waals surface area (Å²) in [4.78, 5) is 14.5. The zero-order valence-corrected chi connectivity index (χ0v) is 18.6. The molecule has 0 bridgehead atoms. The number of hydrogen-bond acceptors (Lipinski definition) is 2. The number of nitrogens with zero attached hydrogens (tertiary/aromatic N) is 1. The van der Waals surface area contributed by atoms with Crippen molar-refractivity contribution in [3.8, 4) is 0 Å². The summed E-state index contributed by atoms with van der Waals surface area (Å²) in [5.74, 6) is 0. The van der Waals surface area contributed by atoms with Crippen LogP contribution in [0.5, 0.6) is 0 Å². The minimum absolute atomic E-state index is 0.109. The van der Waals surface area contributed by atoms with Gasteiger partial charge in [-0.1, -0.05) is 57.2 Å². The third-order valence-corrected chi connectivity index (χ3v) is 4.83. The predicted octanol–water partition coefficient (Wildman–Crippen LogP) is 6.53. The summed E-state index contributed by atoms with van der Waals surface area (Å²) >= 11 is 2.26. The molecule has 3 nitrogen and oxygen atoms in total. The van der Waals surface area contributed by atoms with Gasteiger partial charge in [-0.15, -0.1) is 0 Å². The Kier molecular flexibility index (Phi) is 6.37. The average Bonchev–Trinajstić information content (AvgIpc) is 2.51. The van der Waals surface area contributed by atoms with E-state index >= 15 is 0 Å². The Morgan fingerprint density at radius 1 is 0.962 bits per heavy atom. The van der Waals surface area contributed by atoms with E-state index in [9.17, 15) is 4.79 Å². The number of ether oxygens (including phenoxy) is 1. The molecule has 0 spiro atoms. The van der Waals surface area contributed by atoms with Crippen molar-refractivity contribution in [1.29, 1.82) is 0 Å². The number of benzene rings is 2. The van der Waals surface area contributed by atoms with Crippen molar-refractivity contribution >= 4 is 34.4 Å². The summed E-state index contributed by atoms with van der Waals surface area (Å²) in [7, 11) is 0. The highest BCUT2D eigenvalue weighted by Crippen LogP contribution is 2.27. The first kappa shape index (κ1) is 20.7. The van der Waals surface area contributed by atoms with E-state index in [2.05, 4.69) is 67.6 Å². The Balaban J connectivity index is 2.33. The number of carbonyl (C=O) groups is 1. The third kappa shape index (κ3) is 5.73. The van der Waals surface area contributed by atoms with Gasteiger partial charge in [0.1, 0.15) is 5.60 Å². The minimum Gasteiger partial charge on any atom is -0.443 e. The molecular weight excluding hydrogens is 437 g/mol. The SMILES string of the molecule is CC(C)(C)OC(=O)N(Cc1ccc(C(C)(C)C)cc1)c1ccccc1I. The number of carbonyl (C=O) groups excluding carboxylic acids is 1. The third-order valence-electron chi connectivity index (χ3n) is 3.92. The summed E-state index contributed by atoms with van der Waals surface area (Å²) in [6, 6.07) is 16.3. The first-order valence-electron chi connectivity index (χ1n) is 8.82. The number of rotatable bonds is 3. The molecule has 2 aromatic rings. The maximum Gasteiger partial charge on any atom is 0.415 e. The maximum absolute atomic E-state index is 12.8. The fourth-order valence-corrected chi connectivity index (χ4v) is 3.21. The Labute approximate surface area is 170 Å². The molecule has 0 unspecified atom stereocenters. The summed E-state index contributed by atoms with van der Waals surface area (Å²) < 4.78 is 6.66. The lowest BCUT2D eigenvalue weighted by Crippen LogP contribution is -2.37. The molecule has 0 saturated carbocycles. The van der Waals surface area contributed by atoms with Gasteiger partial charge >= 0.3 is 6.09 Å². The van der Waals surface area contributed by atoms with E-state index in [-0.39, 0.29) is 11.5 Å². The first-order valence-corrected chi connectivity index (χ1v) is 9.90. The van der Waals surface area contributed by atoms with Gasteiger partial charge in [0, 0.05) is 3.57 Å². The van der Waals surface area contributed by atoms with Crippen molar-refractivity contribution in [1.82, 2.24) is 0 Å². The van der Waals surface area contributed by atoms with Crippen LogP contribution in [-0.4, -0.2) is 11.7 Å². The predicted molar refractivity (Wildman–Crippen MR) is 117 cm³/mol. The van der Waals surface area contributed by atoms with Crippen LogP contribution >= 0.6 is 22.6 Å². The van der Waals surface area contributed by atoms with Crippen LogP contribution < -0.4 is 4.90 Å². The maximum atomic E-state index is 12.8. The van der Waals surface area contributed by atoms with Gasteiger partial charge in [0.05, 0.1) is 12.2 Å². The fraction of sp³-hybridized carbons (Fsp3) is 0.409. The van der Waals surface area contributed by atoms with Gasteiger partial charge in [0.15, 0.2) is 0 Å². The molecule has 0 aliphatic carbocycles. The van der Waals surface area contributed by atoms with Crippen LogP contribution in [0.15, 0.2) is 48.5 Å². The zero-order chi connectivity index (χ0) is 19.5. The largest absolute Gasteiger partial charge is 0.443 e. The van der Waals surface area contributed by atoms with E-state index in [1.165, 1.54) is 5.56 Å². The lowest BCUT2D eigenvalue weighted by Gasteiger charge is -2.28. The Morgan fingerprint density at radius 3 is 2.04 bits per heavy atom. The zero-order valence-electron chi connectivity index (χ0n) is 16.5. The van der Waals surface area contributed by atoms with E-state index in [1.54, 1.807) is 4.90 Å². The van der Waals surface area contributed by atoms with E-state index in [0.717, 1.165) is 14.8 Å². The fourth-order valence-electron chi connectivity index (χ4n) is 2.53. The molecule has 0 aliphatic heterocycles. The van der Waals surface area contributed by atoms with Crippen LogP contribution in [0.1, 0.15) is 52.7 Å². The van der Waals surface area contributed by atoms with Crippen LogP contribution in [0, 0.1) is 3.57 Å². The average molecular weight is 465 g/mol. The van der Waals surface area contributed by atoms with Gasteiger partial charge < -0.3 is 4.74 Å². The van der Waals surface area contributed by atoms with Crippen molar-refractivity contribution in [2.75, 3.05) is 4.90 Å². The van der Waals surface area contributed by atoms with Crippen molar-refractivity contribution in [2.24, 2.45) is 0 Å². The van der Waals surface area contributed by atoms with Crippen LogP contribution in [0.25, 0.3) is 0 Å². The van der Waals surface area contributed by atoms with Gasteiger partial charge in [-0.05, 0) is 72.0 Å². The summed E-state index contributed by atoms with van der Waals surface area (Å²) in [5.41, 5.74) is 2.79. The van der Waals surface area contributed by atoms with E-state index in [4.69, 9.17) is 4.74 Å². The minimum atomic E-state index is -0.536. The molecule has 140 valence electrons. The van der Waals surface area contributed by atoms with E-state index in [0.29, 0.717) is 6.54 Å². The van der Waals surface area contributed by atoms with Crippen molar-refractivity contribution in [2.45, 2.75) is 59.1 Å². The van der Waals surface area contributed by atoms with Crippen LogP contribution in [-0.2, 0) is 16.7 Å². The van der Waals surface area contributed by atoms with Crippen LogP contribution in [0.2, 0.25) is 0 Å². The van der Waals surface area contributed by atoms with E-state index < -0.39 is 5.60 Å². The molecule has 0 aromatic heterocycles. The molecule has 0 radical (unpaired) electrons. The Morgan fingerprint density at radius 2 is 1.54 bits per heavy atom. The van der Waals surface area contributed by atoms with E-state index in [1.807, 2.05) is 45.0 Å². The van der Waals surface area contributed by atoms with Gasteiger partial charge in [-0.25, -0.2) is 4.79 Å². The summed E-state index contributed by atoms with van der Waals surface area (Å²) in [6.07, 6.45) is -0.332. The highest BCUT2D eigenvalue weighted by Gasteiger charge is 2.25. The first-order chi connectivity index (χ1) is 12.0. The number of halogens is 1. The van der Waals surface area contributed by atoms with Crippen molar-refractivity contribution < 1.29 is 9.53 Å². The standard InChI is InChI=1S/C22H28INO2/c1-21(2,3)17-13-11-16(12-14-17)15-24(20(25)26-22(4,5)6)19-10-8-7-9-18(19)23/h7-14H,15H2,1-6H3. The second-order valence-electron chi connectivity index (χ2n) is 8.46. The topological polar surface area (TPSA) is 29.5 Å². The number of hydrogen-bond donors (Lipinski definition) is 0. The highest BCUT2D eigenvalue weighted by molar-refractivity contribution is 14.1. The molecule has 0 saturated heterocycles. The molecule has 4 heteroatoms. The van der Waals surface area contributed by atoms with Gasteiger partial charge in [0.25, 0.3) is 0 Å². The molecule has 0 aliphatic rings. The van der Waals surface area contributed by atoms with Gasteiger partial charge in [-0.2, -0.15) is 0 Å². The number of amides is 1. The second-order valence-corrected chi connectivity index (χ2v) is 9.63. The normalized spacial score (nSPS) is 12.0. The molecule has 1 amide bonds. The lowest BCUT2D eigenvalue weighted by molar-refractivity contribution is 0.0577. The van der Waals surface area contributed by atoms with Gasteiger partial charge in [0.2, 0.25) is 0 Å².